The molecule has 0 saturated carbocycles. The number of thioether (sulfide) groups is 1. The third kappa shape index (κ3) is 7.53. The summed E-state index contributed by atoms with van der Waals surface area (Å²) in [5.41, 5.74) is 0. The van der Waals surface area contributed by atoms with Crippen molar-refractivity contribution in [3.63, 3.8) is 0 Å². The fourth-order valence-corrected chi connectivity index (χ4v) is 1.51. The molecular weight excluding hydrogens is 230 g/mol. The Morgan fingerprint density at radius 2 is 2.19 bits per heavy atom. The fraction of sp³-hybridized carbons (Fsp3) is 0.800. The third-order valence-electron chi connectivity index (χ3n) is 1.83. The molecule has 0 aliphatic carbocycles. The average molecular weight is 249 g/mol. The van der Waals surface area contributed by atoms with Crippen LogP contribution in [-0.4, -0.2) is 48.2 Å². The van der Waals surface area contributed by atoms with Crippen LogP contribution in [0.4, 0.5) is 0 Å². The molecule has 0 aromatic carbocycles. The molecular formula is C10H19NO4S. The van der Waals surface area contributed by atoms with Crippen LogP contribution < -0.4 is 5.32 Å². The van der Waals surface area contributed by atoms with Gasteiger partial charge in [0.15, 0.2) is 0 Å². The number of amides is 1. The van der Waals surface area contributed by atoms with Crippen molar-refractivity contribution in [1.82, 2.24) is 5.32 Å². The van der Waals surface area contributed by atoms with Crippen LogP contribution >= 0.6 is 11.8 Å². The molecule has 0 aliphatic heterocycles. The first kappa shape index (κ1) is 15.2. The smallest absolute Gasteiger partial charge is 0.326 e. The molecule has 16 heavy (non-hydrogen) atoms. The molecule has 6 heteroatoms. The summed E-state index contributed by atoms with van der Waals surface area (Å²) in [5, 5.41) is 11.3. The lowest BCUT2D eigenvalue weighted by Crippen LogP contribution is -2.42. The summed E-state index contributed by atoms with van der Waals surface area (Å²) in [5.74, 6) is -0.674. The monoisotopic (exact) mass is 249 g/mol. The maximum atomic E-state index is 11.3. The highest BCUT2D eigenvalue weighted by atomic mass is 32.2. The summed E-state index contributed by atoms with van der Waals surface area (Å²) in [4.78, 5) is 22.1. The number of nitrogens with one attached hydrogen (secondary N) is 1. The van der Waals surface area contributed by atoms with Gasteiger partial charge in [0, 0.05) is 6.61 Å². The summed E-state index contributed by atoms with van der Waals surface area (Å²) in [7, 11) is 0. The van der Waals surface area contributed by atoms with Gasteiger partial charge in [-0.3, -0.25) is 4.79 Å². The van der Waals surface area contributed by atoms with Crippen LogP contribution in [0.2, 0.25) is 0 Å². The van der Waals surface area contributed by atoms with E-state index in [1.54, 1.807) is 11.8 Å². The van der Waals surface area contributed by atoms with Crippen molar-refractivity contribution >= 4 is 23.6 Å². The number of carboxylic acid groups (broad SMARTS) is 1. The van der Waals surface area contributed by atoms with Gasteiger partial charge in [0.1, 0.15) is 12.6 Å². The van der Waals surface area contributed by atoms with Gasteiger partial charge in [-0.1, -0.05) is 6.92 Å². The molecule has 5 nitrogen and oxygen atoms in total. The Morgan fingerprint density at radius 3 is 2.69 bits per heavy atom. The van der Waals surface area contributed by atoms with Gasteiger partial charge < -0.3 is 15.2 Å². The van der Waals surface area contributed by atoms with Crippen LogP contribution in [0.1, 0.15) is 19.8 Å². The number of ether oxygens (including phenoxy) is 1. The number of carboxylic acids is 1. The second-order valence-electron chi connectivity index (χ2n) is 3.29. The van der Waals surface area contributed by atoms with E-state index < -0.39 is 12.0 Å². The standard InChI is InChI=1S/C10H19NO4S/c1-3-5-15-7-9(12)11-8(10(13)14)4-6-16-2/h8H,3-7H2,1-2H3,(H,11,12)(H,13,14)/t8-/m1/s1. The Hall–Kier alpha value is -0.750. The Labute approximate surface area is 99.9 Å². The Kier molecular flexibility index (Phi) is 9.03. The van der Waals surface area contributed by atoms with Crippen molar-refractivity contribution in [2.75, 3.05) is 25.2 Å². The van der Waals surface area contributed by atoms with Crippen LogP contribution in [0.5, 0.6) is 0 Å². The van der Waals surface area contributed by atoms with Crippen molar-refractivity contribution in [2.24, 2.45) is 0 Å². The van der Waals surface area contributed by atoms with Crippen LogP contribution in [0, 0.1) is 0 Å². The molecule has 0 rings (SSSR count). The zero-order chi connectivity index (χ0) is 12.4. The number of hydrogen-bond acceptors (Lipinski definition) is 4. The Balaban J connectivity index is 3.88. The molecule has 1 atom stereocenters. The van der Waals surface area contributed by atoms with E-state index in [2.05, 4.69) is 5.32 Å². The van der Waals surface area contributed by atoms with Gasteiger partial charge in [0.25, 0.3) is 0 Å². The highest BCUT2D eigenvalue weighted by Crippen LogP contribution is 2.00. The molecule has 0 bridgehead atoms. The first-order chi connectivity index (χ1) is 7.61. The van der Waals surface area contributed by atoms with Crippen molar-refractivity contribution < 1.29 is 19.4 Å². The first-order valence-electron chi connectivity index (χ1n) is 5.20. The van der Waals surface area contributed by atoms with Crippen molar-refractivity contribution in [1.29, 1.82) is 0 Å². The third-order valence-corrected chi connectivity index (χ3v) is 2.47. The number of hydrogen-bond donors (Lipinski definition) is 2. The Bertz CT molecular complexity index is 223. The van der Waals surface area contributed by atoms with Gasteiger partial charge in [-0.2, -0.15) is 11.8 Å². The molecule has 2 N–H and O–H groups in total. The largest absolute Gasteiger partial charge is 0.480 e. The fourth-order valence-electron chi connectivity index (χ4n) is 1.04. The summed E-state index contributed by atoms with van der Waals surface area (Å²) in [6.07, 6.45) is 3.16. The Morgan fingerprint density at radius 1 is 1.50 bits per heavy atom. The summed E-state index contributed by atoms with van der Waals surface area (Å²) < 4.78 is 5.02. The number of carbonyl (C=O) groups is 2. The van der Waals surface area contributed by atoms with E-state index >= 15 is 0 Å². The van der Waals surface area contributed by atoms with E-state index in [0.717, 1.165) is 6.42 Å². The van der Waals surface area contributed by atoms with Crippen LogP contribution in [0.15, 0.2) is 0 Å². The summed E-state index contributed by atoms with van der Waals surface area (Å²) in [6, 6.07) is -0.815. The molecule has 0 unspecified atom stereocenters. The molecule has 0 aromatic rings. The van der Waals surface area contributed by atoms with E-state index in [1.807, 2.05) is 13.2 Å². The number of rotatable bonds is 9. The normalized spacial score (nSPS) is 12.1. The predicted octanol–water partition coefficient (Wildman–Crippen LogP) is 0.735. The van der Waals surface area contributed by atoms with Crippen LogP contribution in [0.3, 0.4) is 0 Å². The van der Waals surface area contributed by atoms with Gasteiger partial charge in [0.2, 0.25) is 5.91 Å². The first-order valence-corrected chi connectivity index (χ1v) is 6.60. The lowest BCUT2D eigenvalue weighted by Gasteiger charge is -2.13. The summed E-state index contributed by atoms with van der Waals surface area (Å²) in [6.45, 7) is 2.38. The van der Waals surface area contributed by atoms with Crippen LogP contribution in [0.25, 0.3) is 0 Å². The maximum absolute atomic E-state index is 11.3. The molecule has 0 spiro atoms. The van der Waals surface area contributed by atoms with Gasteiger partial charge in [-0.05, 0) is 24.9 Å². The topological polar surface area (TPSA) is 75.6 Å². The van der Waals surface area contributed by atoms with Crippen LogP contribution in [-0.2, 0) is 14.3 Å². The second kappa shape index (κ2) is 9.47. The zero-order valence-electron chi connectivity index (χ0n) is 9.69. The van der Waals surface area contributed by atoms with Gasteiger partial charge >= 0.3 is 5.97 Å². The minimum absolute atomic E-state index is 0.0725. The van der Waals surface area contributed by atoms with Gasteiger partial charge in [-0.25, -0.2) is 4.79 Å². The highest BCUT2D eigenvalue weighted by Gasteiger charge is 2.18. The lowest BCUT2D eigenvalue weighted by molar-refractivity contribution is -0.142. The highest BCUT2D eigenvalue weighted by molar-refractivity contribution is 7.98. The predicted molar refractivity (Wildman–Crippen MR) is 63.7 cm³/mol. The maximum Gasteiger partial charge on any atom is 0.326 e. The minimum atomic E-state index is -1.00. The van der Waals surface area contributed by atoms with E-state index in [1.165, 1.54) is 0 Å². The average Bonchev–Trinajstić information content (AvgIpc) is 2.24. The van der Waals surface area contributed by atoms with Crippen molar-refractivity contribution in [3.8, 4) is 0 Å². The molecule has 0 heterocycles. The molecule has 94 valence electrons. The minimum Gasteiger partial charge on any atom is -0.480 e. The molecule has 0 saturated heterocycles. The van der Waals surface area contributed by atoms with Crippen molar-refractivity contribution in [2.45, 2.75) is 25.8 Å². The summed E-state index contributed by atoms with van der Waals surface area (Å²) >= 11 is 1.55. The SMILES string of the molecule is CCCOCC(=O)N[C@H](CCSC)C(=O)O. The zero-order valence-corrected chi connectivity index (χ0v) is 10.5. The lowest BCUT2D eigenvalue weighted by atomic mass is 10.2. The van der Waals surface area contributed by atoms with Crippen molar-refractivity contribution in [3.05, 3.63) is 0 Å². The van der Waals surface area contributed by atoms with E-state index in [0.29, 0.717) is 18.8 Å². The number of carbonyl (C=O) groups excluding carboxylic acids is 1. The molecule has 1 amide bonds. The quantitative estimate of drug-likeness (QED) is 0.589. The molecule has 0 aliphatic rings. The molecule has 0 aromatic heterocycles. The van der Waals surface area contributed by atoms with E-state index in [-0.39, 0.29) is 12.5 Å². The van der Waals surface area contributed by atoms with E-state index in [9.17, 15) is 9.59 Å². The number of aliphatic carboxylic acids is 1. The van der Waals surface area contributed by atoms with E-state index in [4.69, 9.17) is 9.84 Å². The molecule has 0 fully saturated rings. The molecule has 0 radical (unpaired) electrons. The second-order valence-corrected chi connectivity index (χ2v) is 4.28. The van der Waals surface area contributed by atoms with Gasteiger partial charge in [0.05, 0.1) is 0 Å². The van der Waals surface area contributed by atoms with Gasteiger partial charge in [-0.15, -0.1) is 0 Å².